The predicted molar refractivity (Wildman–Crippen MR) is 174 cm³/mol. The quantitative estimate of drug-likeness (QED) is 0.175. The van der Waals surface area contributed by atoms with E-state index >= 15 is 0 Å². The minimum atomic E-state index is -0.255. The van der Waals surface area contributed by atoms with E-state index in [-0.39, 0.29) is 12.6 Å². The van der Waals surface area contributed by atoms with Gasteiger partial charge in [0.2, 0.25) is 0 Å². The zero-order valence-corrected chi connectivity index (χ0v) is 26.3. The first-order valence-electron chi connectivity index (χ1n) is 12.9. The largest absolute Gasteiger partial charge is 0.459 e. The molecule has 2 heterocycles. The summed E-state index contributed by atoms with van der Waals surface area (Å²) in [5.74, 6) is 0.689. The maximum atomic E-state index is 14.1. The maximum Gasteiger partial charge on any atom is 0.322 e. The third-order valence-electron chi connectivity index (χ3n) is 6.68. The lowest BCUT2D eigenvalue weighted by molar-refractivity contribution is 0.202. The highest BCUT2D eigenvalue weighted by Gasteiger charge is 2.24. The topological polar surface area (TPSA) is 58.4 Å². The number of hydrogen-bond acceptors (Lipinski definition) is 5. The molecule has 0 saturated heterocycles. The van der Waals surface area contributed by atoms with Crippen molar-refractivity contribution in [2.45, 2.75) is 36.9 Å². The Morgan fingerprint density at radius 2 is 1.59 bits per heavy atom. The molecule has 210 valence electrons. The van der Waals surface area contributed by atoms with Gasteiger partial charge in [-0.15, -0.1) is 23.5 Å². The summed E-state index contributed by atoms with van der Waals surface area (Å²) in [6, 6.07) is 23.1. The van der Waals surface area contributed by atoms with Crippen LogP contribution in [0.3, 0.4) is 0 Å². The Labute approximate surface area is 258 Å². The first-order chi connectivity index (χ1) is 19.7. The third kappa shape index (κ3) is 6.70. The van der Waals surface area contributed by atoms with E-state index < -0.39 is 0 Å². The normalized spacial score (nSPS) is 11.2. The summed E-state index contributed by atoms with van der Waals surface area (Å²) in [5.41, 5.74) is 6.36. The number of carbonyl (C=O) groups is 1. The van der Waals surface area contributed by atoms with Gasteiger partial charge in [-0.3, -0.25) is 0 Å². The summed E-state index contributed by atoms with van der Waals surface area (Å²) in [5, 5.41) is 6.23. The Balaban J connectivity index is 1.58. The number of nitrogens with zero attached hydrogens (tertiary/aromatic N) is 2. The summed E-state index contributed by atoms with van der Waals surface area (Å²) < 4.78 is 6.44. The molecule has 0 radical (unpaired) electrons. The van der Waals surface area contributed by atoms with E-state index in [2.05, 4.69) is 23.3 Å². The zero-order valence-electron chi connectivity index (χ0n) is 23.1. The molecule has 2 aromatic heterocycles. The van der Waals surface area contributed by atoms with Crippen molar-refractivity contribution in [3.8, 4) is 11.1 Å². The van der Waals surface area contributed by atoms with Gasteiger partial charge in [0.25, 0.3) is 0 Å². The highest BCUT2D eigenvalue weighted by atomic mass is 35.5. The predicted octanol–water partition coefficient (Wildman–Crippen LogP) is 10.1. The zero-order chi connectivity index (χ0) is 29.1. The molecule has 5 aromatic rings. The van der Waals surface area contributed by atoms with Gasteiger partial charge < -0.3 is 14.6 Å². The number of aromatic nitrogens is 1. The van der Waals surface area contributed by atoms with Crippen LogP contribution >= 0.6 is 46.7 Å². The standard InChI is InChI=1S/C32H29Cl2N3O2S2/c1-19-5-14-26-25(15-19)29(22-8-12-24(34)13-9-22)27(39-26)18-37(17-21-6-10-23(33)11-7-21)32(38)36-30-28(40-3)16-20(2)35-31(30)41-4/h5-16H,17-18H2,1-4H3,(H,36,38). The number of rotatable bonds is 8. The SMILES string of the molecule is CSc1cc(C)nc(SC)c1NC(=O)N(Cc1ccc(Cl)cc1)Cc1oc2ccc(C)cc2c1-c1ccc(Cl)cc1. The van der Waals surface area contributed by atoms with Crippen molar-refractivity contribution in [1.82, 2.24) is 9.88 Å². The molecule has 0 spiro atoms. The van der Waals surface area contributed by atoms with Gasteiger partial charge in [0, 0.05) is 38.1 Å². The Hall–Kier alpha value is -3.10. The molecule has 1 N–H and O–H groups in total. The van der Waals surface area contributed by atoms with Crippen molar-refractivity contribution in [3.05, 3.63) is 105 Å². The van der Waals surface area contributed by atoms with Gasteiger partial charge >= 0.3 is 6.03 Å². The molecular weight excluding hydrogens is 593 g/mol. The van der Waals surface area contributed by atoms with Crippen molar-refractivity contribution in [3.63, 3.8) is 0 Å². The molecular formula is C32H29Cl2N3O2S2. The van der Waals surface area contributed by atoms with Gasteiger partial charge in [-0.2, -0.15) is 0 Å². The summed E-state index contributed by atoms with van der Waals surface area (Å²) in [4.78, 5) is 21.4. The second-order valence-corrected chi connectivity index (χ2v) is 12.2. The molecule has 0 aliphatic heterocycles. The van der Waals surface area contributed by atoms with E-state index in [1.807, 2.05) is 86.2 Å². The summed E-state index contributed by atoms with van der Waals surface area (Å²) >= 11 is 15.5. The first-order valence-corrected chi connectivity index (χ1v) is 16.1. The maximum absolute atomic E-state index is 14.1. The fourth-order valence-corrected chi connectivity index (χ4v) is 6.27. The number of pyridine rings is 1. The number of fused-ring (bicyclic) bond motifs is 1. The number of carbonyl (C=O) groups excluding carboxylic acids is 1. The summed E-state index contributed by atoms with van der Waals surface area (Å²) in [6.45, 7) is 4.60. The highest BCUT2D eigenvalue weighted by molar-refractivity contribution is 7.99. The smallest absolute Gasteiger partial charge is 0.322 e. The van der Waals surface area contributed by atoms with Crippen LogP contribution in [0.4, 0.5) is 10.5 Å². The first kappa shape index (κ1) is 29.4. The van der Waals surface area contributed by atoms with Crippen LogP contribution in [0.5, 0.6) is 0 Å². The number of amides is 2. The number of nitrogens with one attached hydrogen (secondary N) is 1. The number of urea groups is 1. The minimum absolute atomic E-state index is 0.239. The molecule has 0 atom stereocenters. The molecule has 5 rings (SSSR count). The fourth-order valence-electron chi connectivity index (χ4n) is 4.71. The Bertz CT molecular complexity index is 1680. The number of benzene rings is 3. The molecule has 0 aliphatic carbocycles. The average molecular weight is 623 g/mol. The molecule has 9 heteroatoms. The number of anilines is 1. The summed E-state index contributed by atoms with van der Waals surface area (Å²) in [7, 11) is 0. The Kier molecular flexibility index (Phi) is 9.19. The third-order valence-corrected chi connectivity index (χ3v) is 8.63. The van der Waals surface area contributed by atoms with E-state index in [1.165, 1.54) is 11.8 Å². The lowest BCUT2D eigenvalue weighted by Gasteiger charge is -2.24. The van der Waals surface area contributed by atoms with Crippen molar-refractivity contribution >= 4 is 69.4 Å². The molecule has 0 unspecified atom stereocenters. The number of halogens is 2. The van der Waals surface area contributed by atoms with Gasteiger partial charge in [-0.05, 0) is 80.0 Å². The molecule has 3 aromatic carbocycles. The lowest BCUT2D eigenvalue weighted by Crippen LogP contribution is -2.34. The lowest BCUT2D eigenvalue weighted by atomic mass is 10.0. The van der Waals surface area contributed by atoms with Crippen molar-refractivity contribution in [2.75, 3.05) is 17.8 Å². The van der Waals surface area contributed by atoms with Gasteiger partial charge in [0.1, 0.15) is 16.4 Å². The summed E-state index contributed by atoms with van der Waals surface area (Å²) in [6.07, 6.45) is 3.95. The van der Waals surface area contributed by atoms with E-state index in [1.54, 1.807) is 16.7 Å². The van der Waals surface area contributed by atoms with Gasteiger partial charge in [-0.1, -0.05) is 59.1 Å². The van der Waals surface area contributed by atoms with Crippen molar-refractivity contribution < 1.29 is 9.21 Å². The Morgan fingerprint density at radius 3 is 2.24 bits per heavy atom. The number of thioether (sulfide) groups is 2. The van der Waals surface area contributed by atoms with Crippen LogP contribution in [0.25, 0.3) is 22.1 Å². The van der Waals surface area contributed by atoms with Crippen LogP contribution in [-0.2, 0) is 13.1 Å². The number of furan rings is 1. The van der Waals surface area contributed by atoms with E-state index in [0.717, 1.165) is 48.8 Å². The van der Waals surface area contributed by atoms with Gasteiger partial charge in [-0.25, -0.2) is 9.78 Å². The van der Waals surface area contributed by atoms with Crippen LogP contribution in [-0.4, -0.2) is 28.4 Å². The highest BCUT2D eigenvalue weighted by Crippen LogP contribution is 2.38. The molecule has 0 aliphatic rings. The number of hydrogen-bond donors (Lipinski definition) is 1. The fraction of sp³-hybridized carbons (Fsp3) is 0.188. The monoisotopic (exact) mass is 621 g/mol. The second-order valence-electron chi connectivity index (χ2n) is 9.67. The Morgan fingerprint density at radius 1 is 0.902 bits per heavy atom. The number of aryl methyl sites for hydroxylation is 2. The molecule has 2 amide bonds. The van der Waals surface area contributed by atoms with E-state index in [4.69, 9.17) is 27.6 Å². The van der Waals surface area contributed by atoms with Gasteiger partial charge in [0.15, 0.2) is 0 Å². The van der Waals surface area contributed by atoms with Crippen molar-refractivity contribution in [2.24, 2.45) is 0 Å². The molecule has 0 bridgehead atoms. The van der Waals surface area contributed by atoms with Crippen LogP contribution in [0.1, 0.15) is 22.6 Å². The minimum Gasteiger partial charge on any atom is -0.459 e. The van der Waals surface area contributed by atoms with Crippen LogP contribution in [0.2, 0.25) is 10.0 Å². The van der Waals surface area contributed by atoms with Crippen LogP contribution in [0.15, 0.2) is 87.1 Å². The van der Waals surface area contributed by atoms with Crippen molar-refractivity contribution in [1.29, 1.82) is 0 Å². The molecule has 0 fully saturated rings. The molecule has 41 heavy (non-hydrogen) atoms. The molecule has 5 nitrogen and oxygen atoms in total. The van der Waals surface area contributed by atoms with Gasteiger partial charge in [0.05, 0.1) is 12.2 Å². The second kappa shape index (κ2) is 12.8. The average Bonchev–Trinajstić information content (AvgIpc) is 3.31. The van der Waals surface area contributed by atoms with Crippen LogP contribution < -0.4 is 5.32 Å². The van der Waals surface area contributed by atoms with Crippen LogP contribution in [0, 0.1) is 13.8 Å². The van der Waals surface area contributed by atoms with E-state index in [0.29, 0.717) is 28.0 Å². The molecule has 0 saturated carbocycles. The van der Waals surface area contributed by atoms with E-state index in [9.17, 15) is 4.79 Å².